The van der Waals surface area contributed by atoms with Crippen LogP contribution < -0.4 is 20.3 Å². The van der Waals surface area contributed by atoms with Gasteiger partial charge in [-0.2, -0.15) is 0 Å². The van der Waals surface area contributed by atoms with Crippen LogP contribution in [0.3, 0.4) is 0 Å². The second kappa shape index (κ2) is 6.43. The van der Waals surface area contributed by atoms with Crippen LogP contribution in [-0.2, 0) is 9.53 Å². The first-order valence-electron chi connectivity index (χ1n) is 6.11. The van der Waals surface area contributed by atoms with Crippen LogP contribution in [0.4, 0.5) is 0 Å². The van der Waals surface area contributed by atoms with E-state index in [9.17, 15) is 4.79 Å². The van der Waals surface area contributed by atoms with E-state index in [1.165, 1.54) is 7.11 Å². The number of methoxy groups -OCH3 is 3. The first-order chi connectivity index (χ1) is 9.60. The van der Waals surface area contributed by atoms with Gasteiger partial charge in [0.05, 0.1) is 31.8 Å². The smallest absolute Gasteiger partial charge is 0.324 e. The Labute approximate surface area is 125 Å². The van der Waals surface area contributed by atoms with Crippen LogP contribution >= 0.6 is 15.9 Å². The van der Waals surface area contributed by atoms with Crippen molar-refractivity contribution in [3.63, 3.8) is 0 Å². The molecule has 1 aromatic carbocycles. The summed E-state index contributed by atoms with van der Waals surface area (Å²) in [6.45, 7) is 0. The first kappa shape index (κ1) is 15.1. The summed E-state index contributed by atoms with van der Waals surface area (Å²) in [5.41, 5.74) is 6.96. The van der Waals surface area contributed by atoms with E-state index in [0.717, 1.165) is 10.0 Å². The topological polar surface area (TPSA) is 68.8 Å². The molecular weight excluding hydrogens is 328 g/mol. The number of rotatable bonds is 4. The van der Waals surface area contributed by atoms with E-state index in [4.69, 9.17) is 14.2 Å². The molecule has 1 saturated heterocycles. The maximum atomic E-state index is 11.5. The van der Waals surface area contributed by atoms with Crippen LogP contribution in [-0.4, -0.2) is 33.3 Å². The predicted octanol–water partition coefficient (Wildman–Crippen LogP) is 1.55. The number of hydrogen-bond donors (Lipinski definition) is 2. The van der Waals surface area contributed by atoms with Gasteiger partial charge in [-0.15, -0.1) is 0 Å². The van der Waals surface area contributed by atoms with Gasteiger partial charge in [0.25, 0.3) is 0 Å². The Morgan fingerprint density at radius 2 is 1.90 bits per heavy atom. The molecule has 0 saturated carbocycles. The van der Waals surface area contributed by atoms with E-state index in [2.05, 4.69) is 26.8 Å². The Kier molecular flexibility index (Phi) is 4.85. The molecule has 1 heterocycles. The van der Waals surface area contributed by atoms with Crippen molar-refractivity contribution in [2.24, 2.45) is 0 Å². The van der Waals surface area contributed by atoms with Crippen molar-refractivity contribution in [3.05, 3.63) is 22.2 Å². The fraction of sp³-hybridized carbons (Fsp3) is 0.462. The molecule has 7 heteroatoms. The minimum atomic E-state index is -0.365. The monoisotopic (exact) mass is 344 g/mol. The summed E-state index contributed by atoms with van der Waals surface area (Å²) in [5, 5.41) is 0. The van der Waals surface area contributed by atoms with Crippen LogP contribution in [0.5, 0.6) is 11.5 Å². The number of esters is 1. The quantitative estimate of drug-likeness (QED) is 0.807. The molecule has 0 bridgehead atoms. The van der Waals surface area contributed by atoms with Gasteiger partial charge >= 0.3 is 5.97 Å². The second-order valence-electron chi connectivity index (χ2n) is 4.38. The minimum absolute atomic E-state index is 0.0451. The van der Waals surface area contributed by atoms with Gasteiger partial charge in [0.15, 0.2) is 0 Å². The highest BCUT2D eigenvalue weighted by atomic mass is 79.9. The summed E-state index contributed by atoms with van der Waals surface area (Å²) in [4.78, 5) is 11.5. The maximum Gasteiger partial charge on any atom is 0.324 e. The molecule has 6 nitrogen and oxygen atoms in total. The van der Waals surface area contributed by atoms with Gasteiger partial charge in [0.2, 0.25) is 0 Å². The molecule has 2 unspecified atom stereocenters. The van der Waals surface area contributed by atoms with Gasteiger partial charge in [-0.05, 0) is 28.4 Å². The number of halogens is 1. The summed E-state index contributed by atoms with van der Waals surface area (Å²) < 4.78 is 16.2. The van der Waals surface area contributed by atoms with Gasteiger partial charge in [-0.1, -0.05) is 0 Å². The fourth-order valence-electron chi connectivity index (χ4n) is 2.21. The number of benzene rings is 1. The van der Waals surface area contributed by atoms with E-state index in [0.29, 0.717) is 17.9 Å². The third-order valence-corrected chi connectivity index (χ3v) is 3.89. The molecule has 0 spiro atoms. The predicted molar refractivity (Wildman–Crippen MR) is 76.7 cm³/mol. The van der Waals surface area contributed by atoms with Crippen molar-refractivity contribution in [1.29, 1.82) is 0 Å². The summed E-state index contributed by atoms with van der Waals surface area (Å²) in [7, 11) is 4.58. The zero-order valence-electron chi connectivity index (χ0n) is 11.5. The van der Waals surface area contributed by atoms with E-state index < -0.39 is 0 Å². The third-order valence-electron chi connectivity index (χ3n) is 3.27. The lowest BCUT2D eigenvalue weighted by atomic mass is 10.0. The summed E-state index contributed by atoms with van der Waals surface area (Å²) in [6, 6.07) is 3.33. The minimum Gasteiger partial charge on any atom is -0.496 e. The van der Waals surface area contributed by atoms with Gasteiger partial charge in [-0.25, -0.2) is 10.9 Å². The molecule has 1 aliphatic rings. The molecule has 2 rings (SSSR count). The molecule has 1 aliphatic heterocycles. The number of nitrogens with one attached hydrogen (secondary N) is 2. The largest absolute Gasteiger partial charge is 0.496 e. The average Bonchev–Trinajstić information content (AvgIpc) is 2.95. The van der Waals surface area contributed by atoms with Crippen molar-refractivity contribution >= 4 is 21.9 Å². The summed E-state index contributed by atoms with van der Waals surface area (Å²) in [6.07, 6.45) is 0.585. The standard InChI is InChI=1S/C13H17BrN2O4/c1-18-11-6-12(19-2)8(14)4-7(11)9-5-10(16-15-9)13(17)20-3/h4,6,9-10,15-16H,5H2,1-3H3. The number of ether oxygens (including phenoxy) is 3. The molecular formula is C13H17BrN2O4. The lowest BCUT2D eigenvalue weighted by Gasteiger charge is -2.16. The van der Waals surface area contributed by atoms with Gasteiger partial charge in [0.1, 0.15) is 17.5 Å². The molecule has 0 aliphatic carbocycles. The zero-order chi connectivity index (χ0) is 14.7. The van der Waals surface area contributed by atoms with Crippen molar-refractivity contribution in [1.82, 2.24) is 10.9 Å². The molecule has 110 valence electrons. The van der Waals surface area contributed by atoms with Crippen molar-refractivity contribution in [2.75, 3.05) is 21.3 Å². The van der Waals surface area contributed by atoms with Gasteiger partial charge in [0, 0.05) is 11.6 Å². The Balaban J connectivity index is 2.25. The molecule has 0 amide bonds. The van der Waals surface area contributed by atoms with Crippen molar-refractivity contribution in [3.8, 4) is 11.5 Å². The third kappa shape index (κ3) is 2.89. The highest BCUT2D eigenvalue weighted by molar-refractivity contribution is 9.10. The number of hydrogen-bond acceptors (Lipinski definition) is 6. The number of hydrazine groups is 1. The van der Waals surface area contributed by atoms with E-state index in [1.54, 1.807) is 14.2 Å². The van der Waals surface area contributed by atoms with Crippen molar-refractivity contribution < 1.29 is 19.0 Å². The first-order valence-corrected chi connectivity index (χ1v) is 6.90. The molecule has 0 aromatic heterocycles. The average molecular weight is 345 g/mol. The summed E-state index contributed by atoms with van der Waals surface area (Å²) >= 11 is 3.46. The Morgan fingerprint density at radius 3 is 2.50 bits per heavy atom. The van der Waals surface area contributed by atoms with E-state index in [1.807, 2.05) is 12.1 Å². The van der Waals surface area contributed by atoms with Crippen molar-refractivity contribution in [2.45, 2.75) is 18.5 Å². The van der Waals surface area contributed by atoms with Gasteiger partial charge in [-0.3, -0.25) is 4.79 Å². The highest BCUT2D eigenvalue weighted by Crippen LogP contribution is 2.38. The molecule has 1 aromatic rings. The molecule has 0 radical (unpaired) electrons. The highest BCUT2D eigenvalue weighted by Gasteiger charge is 2.32. The Hall–Kier alpha value is -1.31. The maximum absolute atomic E-state index is 11.5. The molecule has 1 fully saturated rings. The Morgan fingerprint density at radius 1 is 1.20 bits per heavy atom. The van der Waals surface area contributed by atoms with E-state index in [-0.39, 0.29) is 18.1 Å². The van der Waals surface area contributed by atoms with Crippen LogP contribution in [0.25, 0.3) is 0 Å². The zero-order valence-corrected chi connectivity index (χ0v) is 13.1. The Bertz CT molecular complexity index is 509. The lowest BCUT2D eigenvalue weighted by Crippen LogP contribution is -2.36. The molecule has 2 N–H and O–H groups in total. The molecule has 2 atom stereocenters. The van der Waals surface area contributed by atoms with Crippen LogP contribution in [0, 0.1) is 0 Å². The second-order valence-corrected chi connectivity index (χ2v) is 5.24. The van der Waals surface area contributed by atoms with E-state index >= 15 is 0 Å². The van der Waals surface area contributed by atoms with Crippen LogP contribution in [0.15, 0.2) is 16.6 Å². The van der Waals surface area contributed by atoms with Crippen LogP contribution in [0.2, 0.25) is 0 Å². The summed E-state index contributed by atoms with van der Waals surface area (Å²) in [5.74, 6) is 1.11. The fourth-order valence-corrected chi connectivity index (χ4v) is 2.74. The normalized spacial score (nSPS) is 21.6. The SMILES string of the molecule is COC(=O)C1CC(c2cc(Br)c(OC)cc2OC)NN1. The molecule has 20 heavy (non-hydrogen) atoms. The lowest BCUT2D eigenvalue weighted by molar-refractivity contribution is -0.142. The number of carbonyl (C=O) groups excluding carboxylic acids is 1. The van der Waals surface area contributed by atoms with Gasteiger partial charge < -0.3 is 14.2 Å². The van der Waals surface area contributed by atoms with Crippen LogP contribution in [0.1, 0.15) is 18.0 Å². The number of carbonyl (C=O) groups is 1.